The van der Waals surface area contributed by atoms with Crippen LogP contribution in [0.25, 0.3) is 0 Å². The van der Waals surface area contributed by atoms with Crippen molar-refractivity contribution in [2.24, 2.45) is 0 Å². The van der Waals surface area contributed by atoms with E-state index < -0.39 is 5.91 Å². The van der Waals surface area contributed by atoms with Gasteiger partial charge in [-0.15, -0.1) is 0 Å². The third-order valence-electron chi connectivity index (χ3n) is 4.36. The second-order valence-corrected chi connectivity index (χ2v) is 6.17. The predicted molar refractivity (Wildman–Crippen MR) is 100.0 cm³/mol. The zero-order chi connectivity index (χ0) is 19.1. The molecule has 0 spiro atoms. The number of aromatic nitrogens is 1. The lowest BCUT2D eigenvalue weighted by atomic mass is 10.2. The van der Waals surface area contributed by atoms with Crippen LogP contribution in [0.2, 0.25) is 0 Å². The molecule has 1 N–H and O–H groups in total. The number of nitriles is 1. The maximum Gasteiger partial charge on any atom is 0.263 e. The van der Waals surface area contributed by atoms with E-state index in [1.54, 1.807) is 36.8 Å². The van der Waals surface area contributed by atoms with E-state index in [0.29, 0.717) is 38.4 Å². The van der Waals surface area contributed by atoms with Gasteiger partial charge in [0.15, 0.2) is 0 Å². The van der Waals surface area contributed by atoms with Crippen LogP contribution < -0.4 is 10.2 Å². The standard InChI is InChI=1S/C20H20FN5O/c21-18-5-1-2-6-19(18)26-10-8-25(9-11-26)15-17(12-22)20(27)24-14-16-4-3-7-23-13-16/h1-7,13,15H,8-11,14H2,(H,24,27)/b17-15-. The molecule has 0 bridgehead atoms. The summed E-state index contributed by atoms with van der Waals surface area (Å²) in [5.74, 6) is -0.660. The van der Waals surface area contributed by atoms with Gasteiger partial charge in [-0.2, -0.15) is 5.26 Å². The van der Waals surface area contributed by atoms with Gasteiger partial charge in [0, 0.05) is 51.3 Å². The lowest BCUT2D eigenvalue weighted by Gasteiger charge is -2.35. The number of nitrogens with zero attached hydrogens (tertiary/aromatic N) is 4. The number of carbonyl (C=O) groups is 1. The Morgan fingerprint density at radius 1 is 1.22 bits per heavy atom. The highest BCUT2D eigenvalue weighted by Gasteiger charge is 2.19. The summed E-state index contributed by atoms with van der Waals surface area (Å²) in [7, 11) is 0. The summed E-state index contributed by atoms with van der Waals surface area (Å²) in [5.41, 5.74) is 1.50. The molecule has 1 amide bonds. The Morgan fingerprint density at radius 3 is 2.67 bits per heavy atom. The number of benzene rings is 1. The maximum absolute atomic E-state index is 13.9. The fraction of sp³-hybridized carbons (Fsp3) is 0.250. The molecule has 3 rings (SSSR count). The van der Waals surface area contributed by atoms with E-state index in [4.69, 9.17) is 0 Å². The van der Waals surface area contributed by atoms with E-state index in [1.165, 1.54) is 6.07 Å². The summed E-state index contributed by atoms with van der Waals surface area (Å²) >= 11 is 0. The van der Waals surface area contributed by atoms with Crippen LogP contribution in [0, 0.1) is 17.1 Å². The molecule has 0 aliphatic carbocycles. The van der Waals surface area contributed by atoms with Crippen molar-refractivity contribution in [3.05, 3.63) is 71.9 Å². The highest BCUT2D eigenvalue weighted by Crippen LogP contribution is 2.20. The normalized spacial score (nSPS) is 14.6. The van der Waals surface area contributed by atoms with Crippen molar-refractivity contribution in [1.29, 1.82) is 5.26 Å². The summed E-state index contributed by atoms with van der Waals surface area (Å²) < 4.78 is 13.9. The predicted octanol–water partition coefficient (Wildman–Crippen LogP) is 2.07. The molecule has 1 aliphatic heterocycles. The Hall–Kier alpha value is -3.40. The van der Waals surface area contributed by atoms with Gasteiger partial charge in [0.25, 0.3) is 5.91 Å². The molecule has 1 saturated heterocycles. The van der Waals surface area contributed by atoms with E-state index in [9.17, 15) is 14.4 Å². The fourth-order valence-corrected chi connectivity index (χ4v) is 2.90. The smallest absolute Gasteiger partial charge is 0.263 e. The van der Waals surface area contributed by atoms with Crippen molar-refractivity contribution in [1.82, 2.24) is 15.2 Å². The van der Waals surface area contributed by atoms with Crippen molar-refractivity contribution in [3.8, 4) is 6.07 Å². The molecule has 0 unspecified atom stereocenters. The summed E-state index contributed by atoms with van der Waals surface area (Å²) in [6.07, 6.45) is 4.90. The molecule has 1 fully saturated rings. The number of hydrogen-bond donors (Lipinski definition) is 1. The number of pyridine rings is 1. The highest BCUT2D eigenvalue weighted by molar-refractivity contribution is 5.97. The van der Waals surface area contributed by atoms with Gasteiger partial charge in [0.05, 0.1) is 5.69 Å². The van der Waals surface area contributed by atoms with E-state index >= 15 is 0 Å². The molecule has 1 aliphatic rings. The average Bonchev–Trinajstić information content (AvgIpc) is 2.72. The summed E-state index contributed by atoms with van der Waals surface area (Å²) in [5, 5.41) is 12.0. The lowest BCUT2D eigenvalue weighted by molar-refractivity contribution is -0.117. The van der Waals surface area contributed by atoms with Gasteiger partial charge in [0.1, 0.15) is 17.5 Å². The third-order valence-corrected chi connectivity index (χ3v) is 4.36. The van der Waals surface area contributed by atoms with Crippen LogP contribution in [0.5, 0.6) is 0 Å². The second kappa shape index (κ2) is 8.81. The van der Waals surface area contributed by atoms with E-state index in [2.05, 4.69) is 10.3 Å². The molecule has 1 aromatic heterocycles. The number of piperazine rings is 1. The molecule has 27 heavy (non-hydrogen) atoms. The monoisotopic (exact) mass is 365 g/mol. The number of amides is 1. The summed E-state index contributed by atoms with van der Waals surface area (Å²) in [6.45, 7) is 2.76. The summed E-state index contributed by atoms with van der Waals surface area (Å²) in [6, 6.07) is 12.3. The van der Waals surface area contributed by atoms with Gasteiger partial charge in [-0.1, -0.05) is 18.2 Å². The van der Waals surface area contributed by atoms with Crippen LogP contribution in [0.3, 0.4) is 0 Å². The number of anilines is 1. The van der Waals surface area contributed by atoms with Gasteiger partial charge in [-0.05, 0) is 23.8 Å². The Balaban J connectivity index is 1.56. The first-order chi connectivity index (χ1) is 13.2. The molecular formula is C20H20FN5O. The number of hydrogen-bond acceptors (Lipinski definition) is 5. The van der Waals surface area contributed by atoms with Crippen LogP contribution in [0.4, 0.5) is 10.1 Å². The number of nitrogens with one attached hydrogen (secondary N) is 1. The minimum Gasteiger partial charge on any atom is -0.373 e. The van der Waals surface area contributed by atoms with Gasteiger partial charge in [0.2, 0.25) is 0 Å². The molecular weight excluding hydrogens is 345 g/mol. The SMILES string of the molecule is N#C/C(=C/N1CCN(c2ccccc2F)CC1)C(=O)NCc1cccnc1. The molecule has 2 heterocycles. The van der Waals surface area contributed by atoms with Gasteiger partial charge in [-0.25, -0.2) is 4.39 Å². The van der Waals surface area contributed by atoms with Crippen molar-refractivity contribution in [3.63, 3.8) is 0 Å². The molecule has 7 heteroatoms. The van der Waals surface area contributed by atoms with Crippen LogP contribution in [0.15, 0.2) is 60.6 Å². The van der Waals surface area contributed by atoms with E-state index in [-0.39, 0.29) is 11.4 Å². The second-order valence-electron chi connectivity index (χ2n) is 6.17. The van der Waals surface area contributed by atoms with Crippen molar-refractivity contribution in [2.75, 3.05) is 31.1 Å². The zero-order valence-electron chi connectivity index (χ0n) is 14.8. The Morgan fingerprint density at radius 2 is 2.00 bits per heavy atom. The third kappa shape index (κ3) is 4.82. The first-order valence-corrected chi connectivity index (χ1v) is 8.70. The van der Waals surface area contributed by atoms with Gasteiger partial charge >= 0.3 is 0 Å². The van der Waals surface area contributed by atoms with E-state index in [1.807, 2.05) is 28.0 Å². The van der Waals surface area contributed by atoms with Crippen LogP contribution in [-0.4, -0.2) is 42.0 Å². The van der Waals surface area contributed by atoms with Gasteiger partial charge in [-0.3, -0.25) is 9.78 Å². The molecule has 0 saturated carbocycles. The fourth-order valence-electron chi connectivity index (χ4n) is 2.90. The first kappa shape index (κ1) is 18.4. The Kier molecular flexibility index (Phi) is 6.00. The number of para-hydroxylation sites is 1. The molecule has 1 aromatic carbocycles. The molecule has 0 atom stereocenters. The van der Waals surface area contributed by atoms with E-state index in [0.717, 1.165) is 5.56 Å². The minimum atomic E-state index is -0.419. The Bertz CT molecular complexity index is 854. The molecule has 2 aromatic rings. The first-order valence-electron chi connectivity index (χ1n) is 8.70. The van der Waals surface area contributed by atoms with Gasteiger partial charge < -0.3 is 15.1 Å². The number of rotatable bonds is 5. The highest BCUT2D eigenvalue weighted by atomic mass is 19.1. The van der Waals surface area contributed by atoms with Crippen LogP contribution in [-0.2, 0) is 11.3 Å². The number of halogens is 1. The quantitative estimate of drug-likeness (QED) is 0.649. The van der Waals surface area contributed by atoms with Crippen LogP contribution in [0.1, 0.15) is 5.56 Å². The topological polar surface area (TPSA) is 72.3 Å². The Labute approximate surface area is 157 Å². The zero-order valence-corrected chi connectivity index (χ0v) is 14.8. The van der Waals surface area contributed by atoms with Crippen molar-refractivity contribution in [2.45, 2.75) is 6.54 Å². The van der Waals surface area contributed by atoms with Crippen LogP contribution >= 0.6 is 0 Å². The lowest BCUT2D eigenvalue weighted by Crippen LogP contribution is -2.44. The molecule has 0 radical (unpaired) electrons. The molecule has 138 valence electrons. The minimum absolute atomic E-state index is 0.0539. The number of carbonyl (C=O) groups excluding carboxylic acids is 1. The largest absolute Gasteiger partial charge is 0.373 e. The average molecular weight is 365 g/mol. The van der Waals surface area contributed by atoms with Crippen molar-refractivity contribution < 1.29 is 9.18 Å². The molecule has 6 nitrogen and oxygen atoms in total. The van der Waals surface area contributed by atoms with Crippen molar-refractivity contribution >= 4 is 11.6 Å². The summed E-state index contributed by atoms with van der Waals surface area (Å²) in [4.78, 5) is 20.1. The maximum atomic E-state index is 13.9.